The molecule has 4 nitrogen and oxygen atoms in total. The summed E-state index contributed by atoms with van der Waals surface area (Å²) in [5.74, 6) is -0.652. The Labute approximate surface area is 88.5 Å². The van der Waals surface area contributed by atoms with Gasteiger partial charge >= 0.3 is 5.97 Å². The van der Waals surface area contributed by atoms with Gasteiger partial charge in [0.15, 0.2) is 5.78 Å². The van der Waals surface area contributed by atoms with Gasteiger partial charge in [0, 0.05) is 6.42 Å². The first-order chi connectivity index (χ1) is 6.52. The maximum Gasteiger partial charge on any atom is 0.308 e. The average molecular weight is 237 g/mol. The number of esters is 1. The van der Waals surface area contributed by atoms with Crippen molar-refractivity contribution in [2.45, 2.75) is 26.3 Å². The number of nitrogens with one attached hydrogen (secondary N) is 1. The van der Waals surface area contributed by atoms with Crippen molar-refractivity contribution in [1.29, 1.82) is 0 Å². The third-order valence-corrected chi connectivity index (χ3v) is 2.99. The number of carbonyl (C=O) groups is 2. The smallest absolute Gasteiger partial charge is 0.308 e. The van der Waals surface area contributed by atoms with E-state index in [2.05, 4.69) is 18.8 Å². The first-order valence-electron chi connectivity index (χ1n) is 4.34. The Bertz CT molecular complexity index is 211. The molecule has 0 aliphatic carbocycles. The molecule has 0 fully saturated rings. The second-order valence-electron chi connectivity index (χ2n) is 3.11. The number of carbonyl (C=O) groups excluding carboxylic acids is 2. The van der Waals surface area contributed by atoms with E-state index in [0.29, 0.717) is 8.42 Å². The molecular formula is C8H17NO3P2. The maximum absolute atomic E-state index is 11.5. The minimum Gasteiger partial charge on any atom is -0.469 e. The van der Waals surface area contributed by atoms with Crippen LogP contribution in [0.1, 0.15) is 20.3 Å². The van der Waals surface area contributed by atoms with Crippen LogP contribution in [0.25, 0.3) is 0 Å². The van der Waals surface area contributed by atoms with Crippen LogP contribution in [0, 0.1) is 5.92 Å². The molecule has 0 radical (unpaired) electrons. The molecule has 0 aromatic rings. The quantitative estimate of drug-likeness (QED) is 0.555. The van der Waals surface area contributed by atoms with Crippen LogP contribution in [-0.2, 0) is 14.3 Å². The summed E-state index contributed by atoms with van der Waals surface area (Å²) in [6.07, 6.45) is 0.232. The Kier molecular flexibility index (Phi) is 7.26. The molecule has 14 heavy (non-hydrogen) atoms. The highest BCUT2D eigenvalue weighted by atomic mass is 32.0. The van der Waals surface area contributed by atoms with Crippen molar-refractivity contribution in [2.75, 3.05) is 7.11 Å². The third-order valence-electron chi connectivity index (χ3n) is 1.89. The van der Waals surface area contributed by atoms with E-state index in [1.807, 2.05) is 0 Å². The molecular weight excluding hydrogens is 220 g/mol. The van der Waals surface area contributed by atoms with Gasteiger partial charge in [0.05, 0.1) is 19.1 Å². The van der Waals surface area contributed by atoms with Crippen LogP contribution >= 0.6 is 17.3 Å². The van der Waals surface area contributed by atoms with Gasteiger partial charge in [0.1, 0.15) is 0 Å². The zero-order valence-corrected chi connectivity index (χ0v) is 10.8. The molecule has 1 N–H and O–H groups in total. The predicted molar refractivity (Wildman–Crippen MR) is 61.4 cm³/mol. The molecule has 82 valence electrons. The highest BCUT2D eigenvalue weighted by Crippen LogP contribution is 2.16. The minimum atomic E-state index is -0.357. The Morgan fingerprint density at radius 1 is 1.50 bits per heavy atom. The van der Waals surface area contributed by atoms with E-state index in [1.54, 1.807) is 13.8 Å². The third kappa shape index (κ3) is 4.99. The largest absolute Gasteiger partial charge is 0.469 e. The number of Topliss-reactive ketones (excluding diaryl/α,β-unsaturated/α-hetero) is 1. The summed E-state index contributed by atoms with van der Waals surface area (Å²) in [4.78, 5) is 22.5. The molecule has 4 atom stereocenters. The first-order valence-corrected chi connectivity index (χ1v) is 7.15. The van der Waals surface area contributed by atoms with E-state index in [9.17, 15) is 9.59 Å². The Balaban J connectivity index is 3.98. The Morgan fingerprint density at radius 2 is 2.07 bits per heavy atom. The van der Waals surface area contributed by atoms with Gasteiger partial charge < -0.3 is 4.74 Å². The van der Waals surface area contributed by atoms with Crippen molar-refractivity contribution in [2.24, 2.45) is 5.92 Å². The minimum absolute atomic E-state index is 0.0397. The lowest BCUT2D eigenvalue weighted by Crippen LogP contribution is -2.30. The molecule has 0 saturated heterocycles. The normalized spacial score (nSPS) is 15.4. The van der Waals surface area contributed by atoms with Gasteiger partial charge in [-0.15, -0.1) is 0 Å². The number of hydrogen-bond acceptors (Lipinski definition) is 4. The van der Waals surface area contributed by atoms with Crippen LogP contribution < -0.4 is 5.09 Å². The van der Waals surface area contributed by atoms with Crippen molar-refractivity contribution in [3.8, 4) is 0 Å². The number of ketones is 1. The molecule has 0 bridgehead atoms. The fraction of sp³-hybridized carbons (Fsp3) is 0.750. The van der Waals surface area contributed by atoms with Crippen molar-refractivity contribution in [3.63, 3.8) is 0 Å². The SMILES string of the molecule is COC(=O)C(C)CC(=O)C(C)NPP. The van der Waals surface area contributed by atoms with E-state index < -0.39 is 0 Å². The monoisotopic (exact) mass is 237 g/mol. The Hall–Kier alpha value is -0.0400. The van der Waals surface area contributed by atoms with E-state index in [4.69, 9.17) is 0 Å². The van der Waals surface area contributed by atoms with Crippen LogP contribution in [0.15, 0.2) is 0 Å². The van der Waals surface area contributed by atoms with Gasteiger partial charge in [0.2, 0.25) is 0 Å². The van der Waals surface area contributed by atoms with Crippen LogP contribution in [0.3, 0.4) is 0 Å². The van der Waals surface area contributed by atoms with E-state index >= 15 is 0 Å². The zero-order valence-electron chi connectivity index (χ0n) is 8.66. The standard InChI is InChI=1S/C8H17NO3P2/c1-5(8(11)12-3)4-7(10)6(2)9-14-13/h5-6,9,14H,4,13H2,1-3H3. The molecule has 0 aliphatic rings. The lowest BCUT2D eigenvalue weighted by molar-refractivity contribution is -0.146. The maximum atomic E-state index is 11.5. The van der Waals surface area contributed by atoms with Gasteiger partial charge in [0.25, 0.3) is 0 Å². The van der Waals surface area contributed by atoms with E-state index in [0.717, 1.165) is 0 Å². The molecule has 0 amide bonds. The van der Waals surface area contributed by atoms with E-state index in [-0.39, 0.29) is 30.1 Å². The van der Waals surface area contributed by atoms with Gasteiger partial charge in [-0.25, -0.2) is 0 Å². The summed E-state index contributed by atoms with van der Waals surface area (Å²) in [7, 11) is 4.29. The van der Waals surface area contributed by atoms with Crippen LogP contribution in [0.2, 0.25) is 0 Å². The number of methoxy groups -OCH3 is 1. The zero-order chi connectivity index (χ0) is 11.1. The summed E-state index contributed by atoms with van der Waals surface area (Å²) in [5.41, 5.74) is 0. The van der Waals surface area contributed by atoms with Gasteiger partial charge in [-0.05, 0) is 15.3 Å². The van der Waals surface area contributed by atoms with Crippen molar-refractivity contribution < 1.29 is 14.3 Å². The number of ether oxygens (including phenoxy) is 1. The summed E-state index contributed by atoms with van der Waals surface area (Å²) >= 11 is 0. The fourth-order valence-corrected chi connectivity index (χ4v) is 2.13. The molecule has 0 heterocycles. The highest BCUT2D eigenvalue weighted by Gasteiger charge is 2.20. The van der Waals surface area contributed by atoms with Gasteiger partial charge in [-0.1, -0.05) is 15.9 Å². The van der Waals surface area contributed by atoms with Crippen LogP contribution in [0.5, 0.6) is 0 Å². The molecule has 0 saturated carbocycles. The summed E-state index contributed by atoms with van der Waals surface area (Å²) in [5, 5.41) is 3.00. The topological polar surface area (TPSA) is 55.4 Å². The summed E-state index contributed by atoms with van der Waals surface area (Å²) in [6, 6.07) is -0.196. The van der Waals surface area contributed by atoms with Gasteiger partial charge in [-0.3, -0.25) is 14.7 Å². The molecule has 6 heteroatoms. The van der Waals surface area contributed by atoms with Crippen LogP contribution in [0.4, 0.5) is 0 Å². The molecule has 0 spiro atoms. The van der Waals surface area contributed by atoms with Crippen molar-refractivity contribution in [1.82, 2.24) is 5.09 Å². The Morgan fingerprint density at radius 3 is 2.50 bits per heavy atom. The molecule has 0 aromatic heterocycles. The molecule has 0 rings (SSSR count). The molecule has 4 unspecified atom stereocenters. The molecule has 0 aliphatic heterocycles. The highest BCUT2D eigenvalue weighted by molar-refractivity contribution is 8.01. The second kappa shape index (κ2) is 7.28. The van der Waals surface area contributed by atoms with Crippen LogP contribution in [-0.4, -0.2) is 24.9 Å². The lowest BCUT2D eigenvalue weighted by atomic mass is 10.0. The predicted octanol–water partition coefficient (Wildman–Crippen LogP) is 1.12. The van der Waals surface area contributed by atoms with Gasteiger partial charge in [-0.2, -0.15) is 0 Å². The van der Waals surface area contributed by atoms with Crippen molar-refractivity contribution >= 4 is 29.1 Å². The number of hydrogen-bond donors (Lipinski definition) is 1. The first kappa shape index (κ1) is 14.0. The molecule has 0 aromatic carbocycles. The fourth-order valence-electron chi connectivity index (χ4n) is 0.969. The van der Waals surface area contributed by atoms with Crippen molar-refractivity contribution in [3.05, 3.63) is 0 Å². The van der Waals surface area contributed by atoms with E-state index in [1.165, 1.54) is 7.11 Å². The summed E-state index contributed by atoms with van der Waals surface area (Å²) < 4.78 is 4.54. The summed E-state index contributed by atoms with van der Waals surface area (Å²) in [6.45, 7) is 3.49. The number of rotatable bonds is 6. The second-order valence-corrected chi connectivity index (χ2v) is 4.55. The average Bonchev–Trinajstić information content (AvgIpc) is 2.16. The lowest BCUT2D eigenvalue weighted by Gasteiger charge is -2.13.